The molecule has 0 amide bonds. The van der Waals surface area contributed by atoms with Crippen LogP contribution in [0.25, 0.3) is 0 Å². The normalized spacial score (nSPS) is 12.2. The van der Waals surface area contributed by atoms with Gasteiger partial charge in [0.15, 0.2) is 0 Å². The van der Waals surface area contributed by atoms with Gasteiger partial charge in [-0.15, -0.1) is 11.8 Å². The van der Waals surface area contributed by atoms with Crippen LogP contribution in [0.4, 0.5) is 5.69 Å². The van der Waals surface area contributed by atoms with Gasteiger partial charge in [0.1, 0.15) is 0 Å². The van der Waals surface area contributed by atoms with Crippen LogP contribution < -0.4 is 5.32 Å². The predicted molar refractivity (Wildman–Crippen MR) is 68.6 cm³/mol. The second-order valence-corrected chi connectivity index (χ2v) is 4.49. The Morgan fingerprint density at radius 1 is 1.56 bits per heavy atom. The highest BCUT2D eigenvalue weighted by molar-refractivity contribution is 7.98. The number of hydrogen-bond acceptors (Lipinski definition) is 3. The number of aromatic carboxylic acids is 1. The van der Waals surface area contributed by atoms with Crippen LogP contribution in [0.2, 0.25) is 0 Å². The third kappa shape index (κ3) is 2.92. The van der Waals surface area contributed by atoms with Crippen LogP contribution in [0.3, 0.4) is 0 Å². The summed E-state index contributed by atoms with van der Waals surface area (Å²) in [5, 5.41) is 12.4. The number of carbonyl (C=O) groups is 1. The van der Waals surface area contributed by atoms with Crippen molar-refractivity contribution in [3.05, 3.63) is 23.8 Å². The summed E-state index contributed by atoms with van der Waals surface area (Å²) in [5.74, 6) is -0.879. The molecule has 1 atom stereocenters. The van der Waals surface area contributed by atoms with Crippen molar-refractivity contribution in [2.75, 3.05) is 11.6 Å². The van der Waals surface area contributed by atoms with Gasteiger partial charge in [-0.25, -0.2) is 4.79 Å². The van der Waals surface area contributed by atoms with Gasteiger partial charge in [0.05, 0.1) is 11.3 Å². The smallest absolute Gasteiger partial charge is 0.338 e. The molecule has 0 radical (unpaired) electrons. The summed E-state index contributed by atoms with van der Waals surface area (Å²) in [7, 11) is 0. The molecule has 0 bridgehead atoms. The van der Waals surface area contributed by atoms with Crippen LogP contribution in [0.1, 0.15) is 30.6 Å². The van der Waals surface area contributed by atoms with E-state index in [1.54, 1.807) is 0 Å². The molecule has 0 saturated heterocycles. The molecule has 3 nitrogen and oxygen atoms in total. The van der Waals surface area contributed by atoms with Crippen LogP contribution >= 0.6 is 11.8 Å². The molecular weight excluding hydrogens is 222 g/mol. The first-order valence-corrected chi connectivity index (χ1v) is 6.49. The van der Waals surface area contributed by atoms with Crippen molar-refractivity contribution in [1.29, 1.82) is 0 Å². The minimum absolute atomic E-state index is 0.273. The SMILES string of the molecule is CCC(C)Nc1cccc(SC)c1C(=O)O. The average molecular weight is 239 g/mol. The predicted octanol–water partition coefficient (Wildman–Crippen LogP) is 3.32. The molecule has 0 aromatic heterocycles. The summed E-state index contributed by atoms with van der Waals surface area (Å²) in [6, 6.07) is 5.80. The van der Waals surface area contributed by atoms with Crippen LogP contribution in [0.5, 0.6) is 0 Å². The number of nitrogens with one attached hydrogen (secondary N) is 1. The van der Waals surface area contributed by atoms with Crippen molar-refractivity contribution in [2.45, 2.75) is 31.2 Å². The third-order valence-electron chi connectivity index (χ3n) is 2.47. The van der Waals surface area contributed by atoms with E-state index < -0.39 is 5.97 Å². The van der Waals surface area contributed by atoms with Crippen molar-refractivity contribution in [3.8, 4) is 0 Å². The lowest BCUT2D eigenvalue weighted by Crippen LogP contribution is -2.16. The lowest BCUT2D eigenvalue weighted by Gasteiger charge is -2.16. The molecule has 0 fully saturated rings. The van der Waals surface area contributed by atoms with E-state index in [9.17, 15) is 9.90 Å². The molecule has 16 heavy (non-hydrogen) atoms. The van der Waals surface area contributed by atoms with Gasteiger partial charge in [0.25, 0.3) is 0 Å². The van der Waals surface area contributed by atoms with Gasteiger partial charge < -0.3 is 10.4 Å². The number of anilines is 1. The zero-order valence-corrected chi connectivity index (χ0v) is 10.6. The van der Waals surface area contributed by atoms with Crippen LogP contribution in [0, 0.1) is 0 Å². The Bertz CT molecular complexity index is 379. The standard InChI is InChI=1S/C12H17NO2S/c1-4-8(2)13-9-6-5-7-10(16-3)11(9)12(14)15/h5-8,13H,4H2,1-3H3,(H,14,15). The van der Waals surface area contributed by atoms with Crippen molar-refractivity contribution in [3.63, 3.8) is 0 Å². The van der Waals surface area contributed by atoms with E-state index in [1.807, 2.05) is 31.4 Å². The molecule has 1 rings (SSSR count). The zero-order valence-electron chi connectivity index (χ0n) is 9.78. The first kappa shape index (κ1) is 12.9. The monoisotopic (exact) mass is 239 g/mol. The molecule has 88 valence electrons. The van der Waals surface area contributed by atoms with Gasteiger partial charge in [-0.2, -0.15) is 0 Å². The largest absolute Gasteiger partial charge is 0.478 e. The van der Waals surface area contributed by atoms with E-state index in [-0.39, 0.29) is 6.04 Å². The van der Waals surface area contributed by atoms with Crippen molar-refractivity contribution in [1.82, 2.24) is 0 Å². The van der Waals surface area contributed by atoms with E-state index in [0.717, 1.165) is 11.3 Å². The van der Waals surface area contributed by atoms with Crippen LogP contribution in [-0.2, 0) is 0 Å². The first-order chi connectivity index (χ1) is 7.60. The van der Waals surface area contributed by atoms with Gasteiger partial charge in [-0.1, -0.05) is 13.0 Å². The van der Waals surface area contributed by atoms with Crippen molar-refractivity contribution in [2.24, 2.45) is 0 Å². The van der Waals surface area contributed by atoms with Crippen molar-refractivity contribution >= 4 is 23.4 Å². The Balaban J connectivity index is 3.12. The third-order valence-corrected chi connectivity index (χ3v) is 3.25. The number of rotatable bonds is 5. The fourth-order valence-corrected chi connectivity index (χ4v) is 2.03. The van der Waals surface area contributed by atoms with E-state index in [2.05, 4.69) is 12.2 Å². The molecule has 0 spiro atoms. The number of hydrogen-bond donors (Lipinski definition) is 2. The summed E-state index contributed by atoms with van der Waals surface area (Å²) in [6.07, 6.45) is 2.84. The van der Waals surface area contributed by atoms with Gasteiger partial charge in [-0.3, -0.25) is 0 Å². The first-order valence-electron chi connectivity index (χ1n) is 5.27. The highest BCUT2D eigenvalue weighted by Gasteiger charge is 2.15. The maximum Gasteiger partial charge on any atom is 0.338 e. The average Bonchev–Trinajstić information content (AvgIpc) is 2.28. The molecule has 0 aliphatic heterocycles. The summed E-state index contributed by atoms with van der Waals surface area (Å²) in [6.45, 7) is 4.11. The molecule has 1 aromatic carbocycles. The number of carboxylic acids is 1. The molecule has 1 aromatic rings. The van der Waals surface area contributed by atoms with E-state index in [1.165, 1.54) is 11.8 Å². The fraction of sp³-hybridized carbons (Fsp3) is 0.417. The highest BCUT2D eigenvalue weighted by Crippen LogP contribution is 2.27. The summed E-state index contributed by atoms with van der Waals surface area (Å²) in [4.78, 5) is 12.0. The van der Waals surface area contributed by atoms with Gasteiger partial charge in [-0.05, 0) is 31.7 Å². The number of thioether (sulfide) groups is 1. The lowest BCUT2D eigenvalue weighted by molar-refractivity contribution is 0.0694. The fourth-order valence-electron chi connectivity index (χ4n) is 1.41. The Morgan fingerprint density at radius 2 is 2.25 bits per heavy atom. The molecular formula is C12H17NO2S. The summed E-state index contributed by atoms with van der Waals surface area (Å²) in [5.41, 5.74) is 1.07. The van der Waals surface area contributed by atoms with Gasteiger partial charge in [0.2, 0.25) is 0 Å². The maximum absolute atomic E-state index is 11.2. The van der Waals surface area contributed by atoms with Gasteiger partial charge in [0, 0.05) is 10.9 Å². The summed E-state index contributed by atoms with van der Waals surface area (Å²) >= 11 is 1.45. The van der Waals surface area contributed by atoms with E-state index in [4.69, 9.17) is 0 Å². The summed E-state index contributed by atoms with van der Waals surface area (Å²) < 4.78 is 0. The zero-order chi connectivity index (χ0) is 12.1. The Hall–Kier alpha value is -1.16. The van der Waals surface area contributed by atoms with E-state index >= 15 is 0 Å². The molecule has 0 saturated carbocycles. The molecule has 4 heteroatoms. The molecule has 1 unspecified atom stereocenters. The molecule has 0 aliphatic rings. The van der Waals surface area contributed by atoms with Crippen LogP contribution in [0.15, 0.2) is 23.1 Å². The minimum Gasteiger partial charge on any atom is -0.478 e. The lowest BCUT2D eigenvalue weighted by atomic mass is 10.1. The topological polar surface area (TPSA) is 49.3 Å². The molecule has 0 aliphatic carbocycles. The van der Waals surface area contributed by atoms with Crippen LogP contribution in [-0.4, -0.2) is 23.4 Å². The Labute approximate surface area is 100 Å². The quantitative estimate of drug-likeness (QED) is 0.774. The number of benzene rings is 1. The minimum atomic E-state index is -0.879. The molecule has 2 N–H and O–H groups in total. The van der Waals surface area contributed by atoms with Crippen molar-refractivity contribution < 1.29 is 9.90 Å². The second-order valence-electron chi connectivity index (χ2n) is 3.64. The highest BCUT2D eigenvalue weighted by atomic mass is 32.2. The molecule has 0 heterocycles. The number of carboxylic acid groups (broad SMARTS) is 1. The Kier molecular flexibility index (Phi) is 4.68. The second kappa shape index (κ2) is 5.80. The van der Waals surface area contributed by atoms with Gasteiger partial charge >= 0.3 is 5.97 Å². The van der Waals surface area contributed by atoms with E-state index in [0.29, 0.717) is 11.3 Å². The maximum atomic E-state index is 11.2. The Morgan fingerprint density at radius 3 is 2.75 bits per heavy atom.